The smallest absolute Gasteiger partial charge is 0.303 e. The van der Waals surface area contributed by atoms with E-state index in [0.717, 1.165) is 0 Å². The number of carbonyl (C=O) groups excluding carboxylic acids is 3. The third-order valence-corrected chi connectivity index (χ3v) is 5.76. The van der Waals surface area contributed by atoms with Crippen LogP contribution in [0.25, 0.3) is 0 Å². The number of rotatable bonds is 4. The molecule has 0 aromatic rings. The Balaban J connectivity index is 2.30. The SMILES string of the molecule is CC(=O)OC[C@@H](C)[C@H]1C(=O)CCC2=C[C@@H](OC(C)=O)C[C@H](C)[C@]21C. The molecule has 24 heavy (non-hydrogen) atoms. The molecule has 1 fully saturated rings. The lowest BCUT2D eigenvalue weighted by Crippen LogP contribution is -2.50. The van der Waals surface area contributed by atoms with Crippen LogP contribution in [0.15, 0.2) is 11.6 Å². The molecule has 1 saturated carbocycles. The van der Waals surface area contributed by atoms with Gasteiger partial charge in [-0.3, -0.25) is 14.4 Å². The highest BCUT2D eigenvalue weighted by molar-refractivity contribution is 5.84. The number of fused-ring (bicyclic) bond motifs is 1. The molecule has 0 amide bonds. The number of Topliss-reactive ketones (excluding diaryl/α,β-unsaturated/α-hetero) is 1. The monoisotopic (exact) mass is 336 g/mol. The molecular weight excluding hydrogens is 308 g/mol. The molecule has 2 aliphatic rings. The fourth-order valence-corrected chi connectivity index (χ4v) is 4.54. The predicted molar refractivity (Wildman–Crippen MR) is 89.1 cm³/mol. The number of ether oxygens (including phenoxy) is 2. The summed E-state index contributed by atoms with van der Waals surface area (Å²) in [6, 6.07) is 0. The van der Waals surface area contributed by atoms with Crippen LogP contribution >= 0.6 is 0 Å². The number of hydrogen-bond donors (Lipinski definition) is 0. The van der Waals surface area contributed by atoms with E-state index in [-0.39, 0.29) is 53.6 Å². The van der Waals surface area contributed by atoms with E-state index in [1.165, 1.54) is 19.4 Å². The van der Waals surface area contributed by atoms with E-state index in [9.17, 15) is 14.4 Å². The maximum absolute atomic E-state index is 12.7. The van der Waals surface area contributed by atoms with Gasteiger partial charge in [-0.15, -0.1) is 0 Å². The number of ketones is 1. The third kappa shape index (κ3) is 3.55. The van der Waals surface area contributed by atoms with Gasteiger partial charge in [-0.1, -0.05) is 26.3 Å². The lowest BCUT2D eigenvalue weighted by molar-refractivity contribution is -0.149. The van der Waals surface area contributed by atoms with Crippen LogP contribution in [0.3, 0.4) is 0 Å². The zero-order chi connectivity index (χ0) is 18.1. The maximum Gasteiger partial charge on any atom is 0.303 e. The minimum absolute atomic E-state index is 0.0391. The molecule has 0 aromatic heterocycles. The molecule has 134 valence electrons. The van der Waals surface area contributed by atoms with Gasteiger partial charge in [-0.05, 0) is 24.8 Å². The van der Waals surface area contributed by atoms with Gasteiger partial charge in [-0.2, -0.15) is 0 Å². The van der Waals surface area contributed by atoms with Crippen LogP contribution in [0, 0.1) is 23.2 Å². The van der Waals surface area contributed by atoms with Crippen molar-refractivity contribution in [2.75, 3.05) is 6.61 Å². The van der Waals surface area contributed by atoms with Gasteiger partial charge in [0.25, 0.3) is 0 Å². The van der Waals surface area contributed by atoms with Crippen LogP contribution in [-0.4, -0.2) is 30.4 Å². The van der Waals surface area contributed by atoms with Crippen LogP contribution in [0.1, 0.15) is 53.9 Å². The predicted octanol–water partition coefficient (Wildman–Crippen LogP) is 3.07. The molecule has 2 rings (SSSR count). The van der Waals surface area contributed by atoms with E-state index in [4.69, 9.17) is 9.47 Å². The Morgan fingerprint density at radius 2 is 1.96 bits per heavy atom. The van der Waals surface area contributed by atoms with Gasteiger partial charge in [0.2, 0.25) is 0 Å². The zero-order valence-corrected chi connectivity index (χ0v) is 15.3. The van der Waals surface area contributed by atoms with E-state index < -0.39 is 0 Å². The van der Waals surface area contributed by atoms with Gasteiger partial charge >= 0.3 is 11.9 Å². The summed E-state index contributed by atoms with van der Waals surface area (Å²) in [4.78, 5) is 35.1. The first kappa shape index (κ1) is 18.7. The highest BCUT2D eigenvalue weighted by atomic mass is 16.5. The standard InChI is InChI=1S/C19H28O5/c1-11(10-23-13(3)20)18-17(22)7-6-15-9-16(24-14(4)21)8-12(2)19(15,18)5/h9,11-12,16,18H,6-8,10H2,1-5H3/t11-,12+,16+,18+,19-/m1/s1. The van der Waals surface area contributed by atoms with Crippen molar-refractivity contribution in [3.05, 3.63) is 11.6 Å². The molecule has 5 heteroatoms. The number of allylic oxidation sites excluding steroid dienone is 1. The average molecular weight is 336 g/mol. The van der Waals surface area contributed by atoms with E-state index in [2.05, 4.69) is 13.8 Å². The molecule has 0 radical (unpaired) electrons. The van der Waals surface area contributed by atoms with Gasteiger partial charge in [0.05, 0.1) is 6.61 Å². The van der Waals surface area contributed by atoms with Crippen LogP contribution in [0.2, 0.25) is 0 Å². The average Bonchev–Trinajstić information content (AvgIpc) is 2.46. The van der Waals surface area contributed by atoms with Gasteiger partial charge < -0.3 is 9.47 Å². The van der Waals surface area contributed by atoms with E-state index >= 15 is 0 Å². The van der Waals surface area contributed by atoms with Gasteiger partial charge in [0.15, 0.2) is 0 Å². The molecule has 0 heterocycles. The van der Waals surface area contributed by atoms with Crippen molar-refractivity contribution >= 4 is 17.7 Å². The molecule has 5 atom stereocenters. The normalized spacial score (nSPS) is 34.0. The van der Waals surface area contributed by atoms with Crippen LogP contribution in [-0.2, 0) is 23.9 Å². The Kier molecular flexibility index (Phi) is 5.51. The number of hydrogen-bond acceptors (Lipinski definition) is 5. The topological polar surface area (TPSA) is 69.7 Å². The first-order valence-corrected chi connectivity index (χ1v) is 8.70. The lowest BCUT2D eigenvalue weighted by Gasteiger charge is -2.52. The first-order chi connectivity index (χ1) is 11.2. The Morgan fingerprint density at radius 3 is 2.54 bits per heavy atom. The number of esters is 2. The molecule has 0 aromatic carbocycles. The summed E-state index contributed by atoms with van der Waals surface area (Å²) in [5, 5.41) is 0. The van der Waals surface area contributed by atoms with E-state index in [0.29, 0.717) is 19.3 Å². The van der Waals surface area contributed by atoms with E-state index in [1.54, 1.807) is 0 Å². The maximum atomic E-state index is 12.7. The summed E-state index contributed by atoms with van der Waals surface area (Å²) >= 11 is 0. The summed E-state index contributed by atoms with van der Waals surface area (Å²) in [6.07, 6.45) is 3.76. The lowest BCUT2D eigenvalue weighted by atomic mass is 9.52. The second kappa shape index (κ2) is 7.08. The Labute approximate surface area is 143 Å². The first-order valence-electron chi connectivity index (χ1n) is 8.70. The van der Waals surface area contributed by atoms with Crippen molar-refractivity contribution < 1.29 is 23.9 Å². The quantitative estimate of drug-likeness (QED) is 0.583. The van der Waals surface area contributed by atoms with Crippen molar-refractivity contribution in [2.45, 2.75) is 60.0 Å². The van der Waals surface area contributed by atoms with Crippen molar-refractivity contribution in [3.8, 4) is 0 Å². The molecule has 0 aliphatic heterocycles. The van der Waals surface area contributed by atoms with E-state index in [1.807, 2.05) is 13.0 Å². The molecule has 0 bridgehead atoms. The Hall–Kier alpha value is -1.65. The van der Waals surface area contributed by atoms with Crippen LogP contribution in [0.4, 0.5) is 0 Å². The van der Waals surface area contributed by atoms with Crippen molar-refractivity contribution in [1.82, 2.24) is 0 Å². The van der Waals surface area contributed by atoms with Crippen molar-refractivity contribution in [3.63, 3.8) is 0 Å². The largest absolute Gasteiger partial charge is 0.466 e. The summed E-state index contributed by atoms with van der Waals surface area (Å²) < 4.78 is 10.5. The van der Waals surface area contributed by atoms with Crippen molar-refractivity contribution in [2.24, 2.45) is 23.2 Å². The second-order valence-electron chi connectivity index (χ2n) is 7.48. The number of carbonyl (C=O) groups is 3. The fourth-order valence-electron chi connectivity index (χ4n) is 4.54. The molecule has 0 unspecified atom stereocenters. The zero-order valence-electron chi connectivity index (χ0n) is 15.3. The van der Waals surface area contributed by atoms with Crippen LogP contribution < -0.4 is 0 Å². The molecular formula is C19H28O5. The second-order valence-corrected chi connectivity index (χ2v) is 7.48. The van der Waals surface area contributed by atoms with Crippen LogP contribution in [0.5, 0.6) is 0 Å². The minimum atomic E-state index is -0.322. The minimum Gasteiger partial charge on any atom is -0.466 e. The molecule has 2 aliphatic carbocycles. The third-order valence-electron chi connectivity index (χ3n) is 5.76. The molecule has 5 nitrogen and oxygen atoms in total. The van der Waals surface area contributed by atoms with Gasteiger partial charge in [-0.25, -0.2) is 0 Å². The van der Waals surface area contributed by atoms with Gasteiger partial charge in [0.1, 0.15) is 11.9 Å². The Morgan fingerprint density at radius 1 is 1.29 bits per heavy atom. The fraction of sp³-hybridized carbons (Fsp3) is 0.737. The van der Waals surface area contributed by atoms with Gasteiger partial charge in [0, 0.05) is 37.5 Å². The summed E-state index contributed by atoms with van der Waals surface area (Å²) in [6.45, 7) is 9.30. The molecule has 0 saturated heterocycles. The highest BCUT2D eigenvalue weighted by Gasteiger charge is 2.52. The summed E-state index contributed by atoms with van der Waals surface area (Å²) in [7, 11) is 0. The molecule has 0 N–H and O–H groups in total. The molecule has 0 spiro atoms. The summed E-state index contributed by atoms with van der Waals surface area (Å²) in [5.74, 6) is -0.368. The summed E-state index contributed by atoms with van der Waals surface area (Å²) in [5.41, 5.74) is 0.928. The highest BCUT2D eigenvalue weighted by Crippen LogP contribution is 2.55. The van der Waals surface area contributed by atoms with Crippen molar-refractivity contribution in [1.29, 1.82) is 0 Å². The Bertz CT molecular complexity index is 564.